The summed E-state index contributed by atoms with van der Waals surface area (Å²) in [4.78, 5) is 22.8. The van der Waals surface area contributed by atoms with Gasteiger partial charge in [-0.15, -0.1) is 0 Å². The Morgan fingerprint density at radius 1 is 1.40 bits per heavy atom. The quantitative estimate of drug-likeness (QED) is 0.674. The number of carbonyl (C=O) groups excluding carboxylic acids is 2. The second-order valence-electron chi connectivity index (χ2n) is 4.63. The van der Waals surface area contributed by atoms with Crippen LogP contribution in [0.25, 0.3) is 0 Å². The van der Waals surface area contributed by atoms with E-state index in [1.54, 1.807) is 7.11 Å². The van der Waals surface area contributed by atoms with Crippen LogP contribution in [0.5, 0.6) is 5.75 Å². The fourth-order valence-electron chi connectivity index (χ4n) is 2.00. The molecule has 2 amide bonds. The summed E-state index contributed by atoms with van der Waals surface area (Å²) in [5.74, 6) is 0.658. The zero-order valence-corrected chi connectivity index (χ0v) is 11.4. The highest BCUT2D eigenvalue weighted by molar-refractivity contribution is 5.86. The summed E-state index contributed by atoms with van der Waals surface area (Å²) in [6.07, 6.45) is 0.759. The van der Waals surface area contributed by atoms with Crippen molar-refractivity contribution in [3.63, 3.8) is 0 Å². The van der Waals surface area contributed by atoms with Crippen molar-refractivity contribution in [1.82, 2.24) is 16.0 Å². The standard InChI is InChI=1S/C14H19N3O3/c1-20-11-4-2-10(3-5-11)6-7-15-14(19)12-8-17-13(18)9-16-12/h2-5,12,16H,6-9H2,1H3,(H,15,19)(H,17,18). The van der Waals surface area contributed by atoms with Crippen LogP contribution in [0.4, 0.5) is 0 Å². The SMILES string of the molecule is COc1ccc(CCNC(=O)C2CNC(=O)CN2)cc1. The number of amides is 2. The maximum Gasteiger partial charge on any atom is 0.238 e. The lowest BCUT2D eigenvalue weighted by atomic mass is 10.1. The molecule has 1 unspecified atom stereocenters. The fourth-order valence-corrected chi connectivity index (χ4v) is 2.00. The van der Waals surface area contributed by atoms with Crippen LogP contribution in [0.1, 0.15) is 5.56 Å². The van der Waals surface area contributed by atoms with Crippen LogP contribution >= 0.6 is 0 Å². The van der Waals surface area contributed by atoms with Gasteiger partial charge in [-0.2, -0.15) is 0 Å². The first kappa shape index (κ1) is 14.3. The lowest BCUT2D eigenvalue weighted by Crippen LogP contribution is -2.58. The average molecular weight is 277 g/mol. The molecule has 6 heteroatoms. The zero-order chi connectivity index (χ0) is 14.4. The minimum Gasteiger partial charge on any atom is -0.497 e. The minimum atomic E-state index is -0.344. The Balaban J connectivity index is 1.72. The molecule has 0 aromatic heterocycles. The molecule has 1 saturated heterocycles. The van der Waals surface area contributed by atoms with Crippen LogP contribution in [-0.2, 0) is 16.0 Å². The highest BCUT2D eigenvalue weighted by atomic mass is 16.5. The summed E-state index contributed by atoms with van der Waals surface area (Å²) < 4.78 is 5.09. The average Bonchev–Trinajstić information content (AvgIpc) is 2.48. The van der Waals surface area contributed by atoms with Crippen molar-refractivity contribution in [2.45, 2.75) is 12.5 Å². The van der Waals surface area contributed by atoms with E-state index in [2.05, 4.69) is 16.0 Å². The van der Waals surface area contributed by atoms with Gasteiger partial charge in [-0.05, 0) is 24.1 Å². The van der Waals surface area contributed by atoms with Gasteiger partial charge in [-0.3, -0.25) is 14.9 Å². The summed E-state index contributed by atoms with van der Waals surface area (Å²) in [7, 11) is 1.63. The van der Waals surface area contributed by atoms with E-state index in [-0.39, 0.29) is 24.4 Å². The molecule has 0 saturated carbocycles. The molecule has 1 atom stereocenters. The number of hydrogen-bond acceptors (Lipinski definition) is 4. The lowest BCUT2D eigenvalue weighted by Gasteiger charge is -2.23. The van der Waals surface area contributed by atoms with E-state index in [0.29, 0.717) is 13.1 Å². The summed E-state index contributed by atoms with van der Waals surface area (Å²) in [6.45, 7) is 1.10. The predicted molar refractivity (Wildman–Crippen MR) is 74.5 cm³/mol. The summed E-state index contributed by atoms with van der Waals surface area (Å²) in [5, 5.41) is 8.41. The molecule has 108 valence electrons. The molecule has 0 radical (unpaired) electrons. The molecule has 3 N–H and O–H groups in total. The van der Waals surface area contributed by atoms with E-state index in [9.17, 15) is 9.59 Å². The third-order valence-electron chi connectivity index (χ3n) is 3.20. The number of methoxy groups -OCH3 is 1. The van der Waals surface area contributed by atoms with Crippen LogP contribution in [0.15, 0.2) is 24.3 Å². The Labute approximate surface area is 117 Å². The number of nitrogens with one attached hydrogen (secondary N) is 3. The molecule has 0 aliphatic carbocycles. The Kier molecular flexibility index (Phi) is 4.95. The fraction of sp³-hybridized carbons (Fsp3) is 0.429. The van der Waals surface area contributed by atoms with Gasteiger partial charge in [0, 0.05) is 13.1 Å². The molecule has 1 aromatic carbocycles. The molecule has 1 heterocycles. The third kappa shape index (κ3) is 3.96. The van der Waals surface area contributed by atoms with E-state index < -0.39 is 0 Å². The maximum atomic E-state index is 11.9. The number of carbonyl (C=O) groups is 2. The van der Waals surface area contributed by atoms with E-state index in [1.165, 1.54) is 0 Å². The topological polar surface area (TPSA) is 79.5 Å². The Hall–Kier alpha value is -2.08. The number of rotatable bonds is 5. The number of hydrogen-bond donors (Lipinski definition) is 3. The third-order valence-corrected chi connectivity index (χ3v) is 3.20. The van der Waals surface area contributed by atoms with Crippen molar-refractivity contribution in [3.8, 4) is 5.75 Å². The van der Waals surface area contributed by atoms with Gasteiger partial charge in [-0.1, -0.05) is 12.1 Å². The van der Waals surface area contributed by atoms with E-state index in [1.807, 2.05) is 24.3 Å². The van der Waals surface area contributed by atoms with Gasteiger partial charge in [0.1, 0.15) is 11.8 Å². The first-order valence-corrected chi connectivity index (χ1v) is 6.60. The van der Waals surface area contributed by atoms with Crippen molar-refractivity contribution < 1.29 is 14.3 Å². The first-order chi connectivity index (χ1) is 9.69. The van der Waals surface area contributed by atoms with Gasteiger partial charge in [0.2, 0.25) is 11.8 Å². The van der Waals surface area contributed by atoms with Crippen molar-refractivity contribution in [3.05, 3.63) is 29.8 Å². The molecule has 1 aliphatic heterocycles. The molecule has 1 aliphatic rings. The minimum absolute atomic E-state index is 0.0766. The molecule has 6 nitrogen and oxygen atoms in total. The van der Waals surface area contributed by atoms with Gasteiger partial charge in [0.05, 0.1) is 13.7 Å². The summed E-state index contributed by atoms with van der Waals surface area (Å²) >= 11 is 0. The molecular weight excluding hydrogens is 258 g/mol. The van der Waals surface area contributed by atoms with Crippen molar-refractivity contribution >= 4 is 11.8 Å². The number of piperazine rings is 1. The molecular formula is C14H19N3O3. The van der Waals surface area contributed by atoms with Crippen LogP contribution in [0.3, 0.4) is 0 Å². The molecule has 1 aromatic rings. The monoisotopic (exact) mass is 277 g/mol. The second kappa shape index (κ2) is 6.91. The Morgan fingerprint density at radius 3 is 2.75 bits per heavy atom. The van der Waals surface area contributed by atoms with Gasteiger partial charge in [0.15, 0.2) is 0 Å². The number of ether oxygens (including phenoxy) is 1. The van der Waals surface area contributed by atoms with E-state index in [4.69, 9.17) is 4.74 Å². The normalized spacial score (nSPS) is 18.2. The lowest BCUT2D eigenvalue weighted by molar-refractivity contribution is -0.126. The van der Waals surface area contributed by atoms with Crippen molar-refractivity contribution in [1.29, 1.82) is 0 Å². The smallest absolute Gasteiger partial charge is 0.238 e. The highest BCUT2D eigenvalue weighted by Crippen LogP contribution is 2.11. The molecule has 0 bridgehead atoms. The van der Waals surface area contributed by atoms with Crippen LogP contribution in [0, 0.1) is 0 Å². The zero-order valence-electron chi connectivity index (χ0n) is 11.4. The van der Waals surface area contributed by atoms with Gasteiger partial charge in [0.25, 0.3) is 0 Å². The van der Waals surface area contributed by atoms with Crippen molar-refractivity contribution in [2.24, 2.45) is 0 Å². The Bertz CT molecular complexity index is 463. The summed E-state index contributed by atoms with van der Waals surface area (Å²) in [5.41, 5.74) is 1.14. The molecule has 2 rings (SSSR count). The van der Waals surface area contributed by atoms with E-state index in [0.717, 1.165) is 17.7 Å². The van der Waals surface area contributed by atoms with Gasteiger partial charge in [-0.25, -0.2) is 0 Å². The first-order valence-electron chi connectivity index (χ1n) is 6.60. The molecule has 1 fully saturated rings. The van der Waals surface area contributed by atoms with Crippen LogP contribution in [-0.4, -0.2) is 44.6 Å². The Morgan fingerprint density at radius 2 is 2.15 bits per heavy atom. The highest BCUT2D eigenvalue weighted by Gasteiger charge is 2.22. The second-order valence-corrected chi connectivity index (χ2v) is 4.63. The van der Waals surface area contributed by atoms with E-state index >= 15 is 0 Å². The van der Waals surface area contributed by atoms with Crippen LogP contribution < -0.4 is 20.7 Å². The van der Waals surface area contributed by atoms with Gasteiger partial charge < -0.3 is 15.4 Å². The summed E-state index contributed by atoms with van der Waals surface area (Å²) in [6, 6.07) is 7.40. The van der Waals surface area contributed by atoms with Crippen molar-refractivity contribution in [2.75, 3.05) is 26.7 Å². The molecule has 20 heavy (non-hydrogen) atoms. The van der Waals surface area contributed by atoms with Crippen LogP contribution in [0.2, 0.25) is 0 Å². The largest absolute Gasteiger partial charge is 0.497 e. The predicted octanol–water partition coefficient (Wildman–Crippen LogP) is -0.558. The molecule has 0 spiro atoms. The number of benzene rings is 1. The maximum absolute atomic E-state index is 11.9. The van der Waals surface area contributed by atoms with Gasteiger partial charge >= 0.3 is 0 Å².